The normalized spacial score (nSPS) is 10.2. The van der Waals surface area contributed by atoms with Crippen molar-refractivity contribution in [2.45, 2.75) is 6.42 Å². The van der Waals surface area contributed by atoms with Gasteiger partial charge in [-0.2, -0.15) is 0 Å². The molecule has 1 heterocycles. The largest absolute Gasteiger partial charge is 0.461 e. The van der Waals surface area contributed by atoms with Crippen LogP contribution in [0.4, 0.5) is 0 Å². The lowest BCUT2D eigenvalue weighted by Crippen LogP contribution is -2.07. The maximum atomic E-state index is 11.7. The summed E-state index contributed by atoms with van der Waals surface area (Å²) in [6.45, 7) is 0.410. The maximum Gasteiger partial charge on any atom is 0.349 e. The maximum absolute atomic E-state index is 11.7. The minimum absolute atomic E-state index is 0.261. The van der Waals surface area contributed by atoms with Crippen molar-refractivity contribution in [1.82, 2.24) is 0 Å². The van der Waals surface area contributed by atoms with E-state index in [9.17, 15) is 4.79 Å². The predicted molar refractivity (Wildman–Crippen MR) is 72.4 cm³/mol. The van der Waals surface area contributed by atoms with Gasteiger partial charge in [-0.05, 0) is 32.9 Å². The van der Waals surface area contributed by atoms with E-state index in [0.29, 0.717) is 11.5 Å². The number of halogens is 1. The van der Waals surface area contributed by atoms with Gasteiger partial charge in [0.25, 0.3) is 0 Å². The summed E-state index contributed by atoms with van der Waals surface area (Å²) in [6, 6.07) is 11.8. The molecule has 0 amide bonds. The van der Waals surface area contributed by atoms with E-state index in [1.807, 2.05) is 41.8 Å². The number of thiophene rings is 1. The summed E-state index contributed by atoms with van der Waals surface area (Å²) >= 11 is 4.70. The quantitative estimate of drug-likeness (QED) is 0.800. The van der Waals surface area contributed by atoms with E-state index in [1.54, 1.807) is 0 Å². The lowest BCUT2D eigenvalue weighted by atomic mass is 10.2. The van der Waals surface area contributed by atoms with E-state index in [1.165, 1.54) is 16.9 Å². The number of esters is 1. The van der Waals surface area contributed by atoms with Crippen molar-refractivity contribution in [3.63, 3.8) is 0 Å². The first kappa shape index (κ1) is 12.3. The minimum atomic E-state index is -0.261. The molecule has 0 bridgehead atoms. The molecular weight excluding hydrogens is 300 g/mol. The van der Waals surface area contributed by atoms with E-state index in [4.69, 9.17) is 4.74 Å². The van der Waals surface area contributed by atoms with Gasteiger partial charge in [-0.15, -0.1) is 11.3 Å². The van der Waals surface area contributed by atoms with Gasteiger partial charge in [0.1, 0.15) is 4.88 Å². The lowest BCUT2D eigenvalue weighted by Gasteiger charge is -2.03. The van der Waals surface area contributed by atoms with Crippen molar-refractivity contribution in [3.05, 3.63) is 56.7 Å². The van der Waals surface area contributed by atoms with E-state index < -0.39 is 0 Å². The fourth-order valence-electron chi connectivity index (χ4n) is 1.41. The van der Waals surface area contributed by atoms with Crippen LogP contribution in [0.2, 0.25) is 0 Å². The van der Waals surface area contributed by atoms with Crippen LogP contribution >= 0.6 is 27.3 Å². The Bertz CT molecular complexity index is 493. The number of carbonyl (C=O) groups is 1. The summed E-state index contributed by atoms with van der Waals surface area (Å²) in [6.07, 6.45) is 0.746. The zero-order chi connectivity index (χ0) is 12.1. The molecule has 0 unspecified atom stereocenters. The first-order valence-electron chi connectivity index (χ1n) is 5.21. The molecule has 0 aliphatic heterocycles. The molecule has 0 aliphatic carbocycles. The molecular formula is C13H11BrO2S. The Hall–Kier alpha value is -1.13. The molecule has 4 heteroatoms. The molecule has 2 nitrogen and oxygen atoms in total. The first-order valence-corrected chi connectivity index (χ1v) is 6.88. The van der Waals surface area contributed by atoms with Gasteiger partial charge in [-0.25, -0.2) is 4.79 Å². The van der Waals surface area contributed by atoms with Crippen LogP contribution in [0.25, 0.3) is 0 Å². The average Bonchev–Trinajstić information content (AvgIpc) is 2.77. The van der Waals surface area contributed by atoms with E-state index in [0.717, 1.165) is 10.9 Å². The van der Waals surface area contributed by atoms with Crippen LogP contribution in [0.15, 0.2) is 46.3 Å². The van der Waals surface area contributed by atoms with Gasteiger partial charge in [-0.1, -0.05) is 30.3 Å². The van der Waals surface area contributed by atoms with Gasteiger partial charge in [0.05, 0.1) is 6.61 Å². The Kier molecular flexibility index (Phi) is 4.34. The molecule has 0 N–H and O–H groups in total. The minimum Gasteiger partial charge on any atom is -0.461 e. The van der Waals surface area contributed by atoms with Crippen molar-refractivity contribution in [2.75, 3.05) is 6.61 Å². The highest BCUT2D eigenvalue weighted by Crippen LogP contribution is 2.23. The van der Waals surface area contributed by atoms with Crippen molar-refractivity contribution >= 4 is 33.2 Å². The second-order valence-corrected chi connectivity index (χ2v) is 5.24. The van der Waals surface area contributed by atoms with Crippen LogP contribution in [-0.2, 0) is 11.2 Å². The number of ether oxygens (including phenoxy) is 1. The summed E-state index contributed by atoms with van der Waals surface area (Å²) in [4.78, 5) is 12.3. The molecule has 88 valence electrons. The molecule has 1 aromatic carbocycles. The molecule has 0 fully saturated rings. The molecule has 0 saturated carbocycles. The van der Waals surface area contributed by atoms with Crippen LogP contribution in [0, 0.1) is 0 Å². The number of benzene rings is 1. The van der Waals surface area contributed by atoms with Gasteiger partial charge in [-0.3, -0.25) is 0 Å². The van der Waals surface area contributed by atoms with Crippen LogP contribution in [0.5, 0.6) is 0 Å². The zero-order valence-electron chi connectivity index (χ0n) is 9.06. The Labute approximate surface area is 112 Å². The zero-order valence-corrected chi connectivity index (χ0v) is 11.5. The van der Waals surface area contributed by atoms with Crippen molar-refractivity contribution in [1.29, 1.82) is 0 Å². The molecule has 0 saturated heterocycles. The van der Waals surface area contributed by atoms with Gasteiger partial charge in [0.2, 0.25) is 0 Å². The Morgan fingerprint density at radius 3 is 2.65 bits per heavy atom. The summed E-state index contributed by atoms with van der Waals surface area (Å²) in [5, 5.41) is 1.86. The Morgan fingerprint density at radius 2 is 2.00 bits per heavy atom. The molecule has 17 heavy (non-hydrogen) atoms. The summed E-state index contributed by atoms with van der Waals surface area (Å²) < 4.78 is 6.01. The SMILES string of the molecule is O=C(OCCc1ccccc1)c1sccc1Br. The topological polar surface area (TPSA) is 26.3 Å². The molecule has 0 spiro atoms. The van der Waals surface area contributed by atoms with Gasteiger partial charge < -0.3 is 4.74 Å². The number of hydrogen-bond acceptors (Lipinski definition) is 3. The highest BCUT2D eigenvalue weighted by molar-refractivity contribution is 9.10. The van der Waals surface area contributed by atoms with Crippen LogP contribution in [0.3, 0.4) is 0 Å². The Morgan fingerprint density at radius 1 is 1.24 bits per heavy atom. The summed E-state index contributed by atoms with van der Waals surface area (Å²) in [5.74, 6) is -0.261. The second kappa shape index (κ2) is 5.98. The fraction of sp³-hybridized carbons (Fsp3) is 0.154. The smallest absolute Gasteiger partial charge is 0.349 e. The summed E-state index contributed by atoms with van der Waals surface area (Å²) in [5.41, 5.74) is 1.17. The molecule has 2 rings (SSSR count). The lowest BCUT2D eigenvalue weighted by molar-refractivity contribution is 0.0514. The molecule has 1 aromatic heterocycles. The molecule has 2 aromatic rings. The fourth-order valence-corrected chi connectivity index (χ4v) is 2.84. The van der Waals surface area contributed by atoms with Crippen molar-refractivity contribution in [2.24, 2.45) is 0 Å². The number of carbonyl (C=O) groups excluding carboxylic acids is 1. The summed E-state index contributed by atoms with van der Waals surface area (Å²) in [7, 11) is 0. The highest BCUT2D eigenvalue weighted by atomic mass is 79.9. The first-order chi connectivity index (χ1) is 8.27. The number of hydrogen-bond donors (Lipinski definition) is 0. The standard InChI is InChI=1S/C13H11BrO2S/c14-11-7-9-17-12(11)13(15)16-8-6-10-4-2-1-3-5-10/h1-5,7,9H,6,8H2. The Balaban J connectivity index is 1.84. The van der Waals surface area contributed by atoms with Gasteiger partial charge in [0.15, 0.2) is 0 Å². The average molecular weight is 311 g/mol. The van der Waals surface area contributed by atoms with Crippen LogP contribution in [-0.4, -0.2) is 12.6 Å². The van der Waals surface area contributed by atoms with E-state index in [2.05, 4.69) is 15.9 Å². The molecule has 0 radical (unpaired) electrons. The van der Waals surface area contributed by atoms with Crippen molar-refractivity contribution < 1.29 is 9.53 Å². The van der Waals surface area contributed by atoms with Crippen LogP contribution < -0.4 is 0 Å². The third-order valence-corrected chi connectivity index (χ3v) is 4.09. The van der Waals surface area contributed by atoms with E-state index in [-0.39, 0.29) is 5.97 Å². The third kappa shape index (κ3) is 3.41. The highest BCUT2D eigenvalue weighted by Gasteiger charge is 2.12. The monoisotopic (exact) mass is 310 g/mol. The van der Waals surface area contributed by atoms with E-state index >= 15 is 0 Å². The predicted octanol–water partition coefficient (Wildman–Crippen LogP) is 3.91. The molecule has 0 aliphatic rings. The van der Waals surface area contributed by atoms with Gasteiger partial charge >= 0.3 is 5.97 Å². The second-order valence-electron chi connectivity index (χ2n) is 3.47. The van der Waals surface area contributed by atoms with Crippen molar-refractivity contribution in [3.8, 4) is 0 Å². The third-order valence-electron chi connectivity index (χ3n) is 2.27. The van der Waals surface area contributed by atoms with Gasteiger partial charge in [0, 0.05) is 10.9 Å². The van der Waals surface area contributed by atoms with Crippen LogP contribution in [0.1, 0.15) is 15.2 Å². The molecule has 0 atom stereocenters. The number of rotatable bonds is 4.